The van der Waals surface area contributed by atoms with Gasteiger partial charge in [-0.15, -0.1) is 0 Å². The van der Waals surface area contributed by atoms with Crippen LogP contribution in [0, 0.1) is 11.3 Å². The fraction of sp³-hybridized carbons (Fsp3) is 0.240. The first kappa shape index (κ1) is 21.3. The van der Waals surface area contributed by atoms with E-state index < -0.39 is 5.91 Å². The van der Waals surface area contributed by atoms with Gasteiger partial charge in [0.15, 0.2) is 0 Å². The van der Waals surface area contributed by atoms with E-state index in [4.69, 9.17) is 4.74 Å². The zero-order chi connectivity index (χ0) is 22.3. The normalized spacial score (nSPS) is 14.2. The zero-order valence-corrected chi connectivity index (χ0v) is 17.7. The molecule has 1 saturated heterocycles. The van der Waals surface area contributed by atoms with E-state index in [2.05, 4.69) is 5.32 Å². The third kappa shape index (κ3) is 4.88. The van der Waals surface area contributed by atoms with Crippen molar-refractivity contribution in [2.45, 2.75) is 13.1 Å². The summed E-state index contributed by atoms with van der Waals surface area (Å²) >= 11 is 0. The number of carbonyl (C=O) groups excluding carboxylic acids is 2. The van der Waals surface area contributed by atoms with Gasteiger partial charge in [-0.1, -0.05) is 48.5 Å². The van der Waals surface area contributed by atoms with Crippen molar-refractivity contribution in [2.75, 3.05) is 26.3 Å². The van der Waals surface area contributed by atoms with E-state index in [0.717, 1.165) is 22.0 Å². The molecule has 3 aromatic rings. The van der Waals surface area contributed by atoms with Crippen LogP contribution in [0.2, 0.25) is 0 Å². The predicted octanol–water partition coefficient (Wildman–Crippen LogP) is 2.72. The summed E-state index contributed by atoms with van der Waals surface area (Å²) in [5.74, 6) is -0.414. The number of hydrogen-bond donors (Lipinski definition) is 1. The number of hydrogen-bond acceptors (Lipinski definition) is 4. The summed E-state index contributed by atoms with van der Waals surface area (Å²) in [6, 6.07) is 19.2. The molecule has 2 amide bonds. The van der Waals surface area contributed by atoms with Crippen LogP contribution in [0.1, 0.15) is 11.1 Å². The molecule has 162 valence electrons. The molecule has 7 nitrogen and oxygen atoms in total. The molecule has 0 atom stereocenters. The Balaban J connectivity index is 1.56. The number of para-hydroxylation sites is 1. The lowest BCUT2D eigenvalue weighted by atomic mass is 10.1. The number of benzene rings is 2. The van der Waals surface area contributed by atoms with Crippen LogP contribution in [0.25, 0.3) is 17.0 Å². The van der Waals surface area contributed by atoms with E-state index in [1.165, 1.54) is 0 Å². The fourth-order valence-electron chi connectivity index (χ4n) is 3.76. The van der Waals surface area contributed by atoms with Crippen LogP contribution in [0.5, 0.6) is 0 Å². The van der Waals surface area contributed by atoms with Crippen molar-refractivity contribution in [3.8, 4) is 6.07 Å². The molecular weight excluding hydrogens is 404 g/mol. The van der Waals surface area contributed by atoms with Crippen molar-refractivity contribution in [2.24, 2.45) is 0 Å². The summed E-state index contributed by atoms with van der Waals surface area (Å²) in [6.45, 7) is 2.81. The summed E-state index contributed by atoms with van der Waals surface area (Å²) in [6.07, 6.45) is 3.41. The maximum absolute atomic E-state index is 12.7. The van der Waals surface area contributed by atoms with Gasteiger partial charge in [0.25, 0.3) is 5.91 Å². The van der Waals surface area contributed by atoms with Gasteiger partial charge < -0.3 is 19.5 Å². The molecule has 1 aliphatic heterocycles. The molecule has 2 heterocycles. The van der Waals surface area contributed by atoms with Crippen LogP contribution in [0.15, 0.2) is 66.4 Å². The van der Waals surface area contributed by atoms with E-state index in [1.54, 1.807) is 11.0 Å². The van der Waals surface area contributed by atoms with Gasteiger partial charge in [0.2, 0.25) is 5.91 Å². The molecule has 4 rings (SSSR count). The van der Waals surface area contributed by atoms with E-state index in [9.17, 15) is 14.9 Å². The number of nitrogens with one attached hydrogen (secondary N) is 1. The van der Waals surface area contributed by atoms with Gasteiger partial charge in [0, 0.05) is 42.3 Å². The Morgan fingerprint density at radius 3 is 2.53 bits per heavy atom. The molecule has 1 aliphatic rings. The Kier molecular flexibility index (Phi) is 6.63. The number of nitrogens with zero attached hydrogens (tertiary/aromatic N) is 3. The second-order valence-electron chi connectivity index (χ2n) is 7.56. The minimum Gasteiger partial charge on any atom is -0.378 e. The quantitative estimate of drug-likeness (QED) is 0.483. The molecule has 1 aromatic heterocycles. The van der Waals surface area contributed by atoms with Gasteiger partial charge in [0.05, 0.1) is 13.2 Å². The lowest BCUT2D eigenvalue weighted by Crippen LogP contribution is -2.42. The SMILES string of the molecule is N#CC(=Cc1cn(CC(=O)N2CCOCC2)c2ccccc12)C(=O)NCc1ccccc1. The van der Waals surface area contributed by atoms with E-state index in [-0.39, 0.29) is 18.0 Å². The summed E-state index contributed by atoms with van der Waals surface area (Å²) in [5.41, 5.74) is 2.57. The van der Waals surface area contributed by atoms with Crippen molar-refractivity contribution in [1.82, 2.24) is 14.8 Å². The van der Waals surface area contributed by atoms with Crippen LogP contribution in [-0.4, -0.2) is 47.6 Å². The van der Waals surface area contributed by atoms with E-state index in [1.807, 2.05) is 71.4 Å². The van der Waals surface area contributed by atoms with Crippen molar-refractivity contribution in [3.05, 3.63) is 77.5 Å². The summed E-state index contributed by atoms with van der Waals surface area (Å²) in [5, 5.41) is 13.3. The Labute approximate surface area is 186 Å². The summed E-state index contributed by atoms with van der Waals surface area (Å²) in [4.78, 5) is 27.1. The van der Waals surface area contributed by atoms with Crippen LogP contribution >= 0.6 is 0 Å². The second-order valence-corrected chi connectivity index (χ2v) is 7.56. The molecule has 1 N–H and O–H groups in total. The molecule has 2 aromatic carbocycles. The molecule has 0 aliphatic carbocycles. The van der Waals surface area contributed by atoms with E-state index in [0.29, 0.717) is 32.8 Å². The highest BCUT2D eigenvalue weighted by molar-refractivity contribution is 6.04. The van der Waals surface area contributed by atoms with E-state index >= 15 is 0 Å². The third-order valence-corrected chi connectivity index (χ3v) is 5.45. The third-order valence-electron chi connectivity index (χ3n) is 5.45. The molecule has 0 bridgehead atoms. The number of carbonyl (C=O) groups is 2. The Morgan fingerprint density at radius 1 is 1.06 bits per heavy atom. The average molecular weight is 428 g/mol. The number of fused-ring (bicyclic) bond motifs is 1. The first-order valence-electron chi connectivity index (χ1n) is 10.5. The number of ether oxygens (including phenoxy) is 1. The lowest BCUT2D eigenvalue weighted by Gasteiger charge is -2.27. The maximum atomic E-state index is 12.7. The van der Waals surface area contributed by atoms with Gasteiger partial charge in [-0.05, 0) is 17.7 Å². The van der Waals surface area contributed by atoms with Crippen LogP contribution in [0.3, 0.4) is 0 Å². The second kappa shape index (κ2) is 9.94. The minimum atomic E-state index is -0.433. The maximum Gasteiger partial charge on any atom is 0.262 e. The molecule has 0 saturated carbocycles. The number of morpholine rings is 1. The van der Waals surface area contributed by atoms with Crippen LogP contribution in [-0.2, 0) is 27.4 Å². The highest BCUT2D eigenvalue weighted by atomic mass is 16.5. The molecule has 0 spiro atoms. The molecule has 32 heavy (non-hydrogen) atoms. The molecule has 1 fully saturated rings. The van der Waals surface area contributed by atoms with Crippen molar-refractivity contribution in [1.29, 1.82) is 5.26 Å². The van der Waals surface area contributed by atoms with Gasteiger partial charge >= 0.3 is 0 Å². The largest absolute Gasteiger partial charge is 0.378 e. The topological polar surface area (TPSA) is 87.4 Å². The Morgan fingerprint density at radius 2 is 1.78 bits per heavy atom. The Hall–Kier alpha value is -3.89. The van der Waals surface area contributed by atoms with Crippen molar-refractivity contribution < 1.29 is 14.3 Å². The van der Waals surface area contributed by atoms with Crippen LogP contribution < -0.4 is 5.32 Å². The molecule has 0 unspecified atom stereocenters. The minimum absolute atomic E-state index is 0.0170. The molecular formula is C25H24N4O3. The molecule has 0 radical (unpaired) electrons. The first-order chi connectivity index (χ1) is 15.7. The first-order valence-corrected chi connectivity index (χ1v) is 10.5. The summed E-state index contributed by atoms with van der Waals surface area (Å²) < 4.78 is 7.19. The van der Waals surface area contributed by atoms with Crippen LogP contribution in [0.4, 0.5) is 0 Å². The Bertz CT molecular complexity index is 1180. The fourth-order valence-corrected chi connectivity index (χ4v) is 3.76. The highest BCUT2D eigenvalue weighted by Crippen LogP contribution is 2.24. The average Bonchev–Trinajstić information content (AvgIpc) is 3.19. The van der Waals surface area contributed by atoms with Gasteiger partial charge in [-0.3, -0.25) is 9.59 Å². The standard InChI is InChI=1S/C25H24N4O3/c26-15-20(25(31)27-16-19-6-2-1-3-7-19)14-21-17-29(23-9-5-4-8-22(21)23)18-24(30)28-10-12-32-13-11-28/h1-9,14,17H,10-13,16,18H2,(H,27,31). The molecule has 7 heteroatoms. The summed E-state index contributed by atoms with van der Waals surface area (Å²) in [7, 11) is 0. The number of aromatic nitrogens is 1. The van der Waals surface area contributed by atoms with Gasteiger partial charge in [-0.25, -0.2) is 0 Å². The zero-order valence-electron chi connectivity index (χ0n) is 17.7. The number of rotatable bonds is 6. The van der Waals surface area contributed by atoms with Crippen molar-refractivity contribution in [3.63, 3.8) is 0 Å². The van der Waals surface area contributed by atoms with Gasteiger partial charge in [-0.2, -0.15) is 5.26 Å². The van der Waals surface area contributed by atoms with Crippen molar-refractivity contribution >= 4 is 28.8 Å². The predicted molar refractivity (Wildman–Crippen MR) is 121 cm³/mol. The highest BCUT2D eigenvalue weighted by Gasteiger charge is 2.19. The number of amides is 2. The smallest absolute Gasteiger partial charge is 0.262 e. The lowest BCUT2D eigenvalue weighted by molar-refractivity contribution is -0.135. The number of nitriles is 1. The monoisotopic (exact) mass is 428 g/mol. The van der Waals surface area contributed by atoms with Gasteiger partial charge in [0.1, 0.15) is 18.2 Å².